The van der Waals surface area contributed by atoms with E-state index in [0.717, 1.165) is 12.1 Å². The fraction of sp³-hybridized carbons (Fsp3) is 0.300. The predicted molar refractivity (Wildman–Crippen MR) is 94.0 cm³/mol. The Morgan fingerprint density at radius 1 is 1.07 bits per heavy atom. The lowest BCUT2D eigenvalue weighted by Crippen LogP contribution is -2.41. The summed E-state index contributed by atoms with van der Waals surface area (Å²) in [6, 6.07) is 7.61. The van der Waals surface area contributed by atoms with Crippen LogP contribution in [-0.4, -0.2) is 33.1 Å². The minimum atomic E-state index is -2.03. The second-order valence-corrected chi connectivity index (χ2v) is 5.69. The summed E-state index contributed by atoms with van der Waals surface area (Å²) in [7, 11) is 2.79. The average molecular weight is 378 g/mol. The number of carbonyl (C=O) groups excluding carboxylic acids is 2. The summed E-state index contributed by atoms with van der Waals surface area (Å²) in [5.41, 5.74) is -2.48. The number of halogens is 2. The number of ether oxygens (including phenoxy) is 3. The molecule has 2 aromatic rings. The van der Waals surface area contributed by atoms with Gasteiger partial charge in [-0.3, -0.25) is 4.79 Å². The number of methoxy groups -OCH3 is 2. The molecule has 1 atom stereocenters. The number of esters is 1. The first-order chi connectivity index (χ1) is 12.9. The Bertz CT molecular complexity index is 795. The van der Waals surface area contributed by atoms with Gasteiger partial charge in [-0.05, 0) is 36.8 Å². The van der Waals surface area contributed by atoms with Gasteiger partial charge in [0, 0.05) is 18.1 Å². The summed E-state index contributed by atoms with van der Waals surface area (Å²) >= 11 is 0. The van der Waals surface area contributed by atoms with Crippen molar-refractivity contribution in [2.45, 2.75) is 18.8 Å². The lowest BCUT2D eigenvalue weighted by Gasteiger charge is -2.32. The molecule has 1 unspecified atom stereocenters. The van der Waals surface area contributed by atoms with Crippen molar-refractivity contribution in [1.82, 2.24) is 0 Å². The lowest BCUT2D eigenvalue weighted by molar-refractivity contribution is -0.149. The fourth-order valence-electron chi connectivity index (χ4n) is 3.01. The summed E-state index contributed by atoms with van der Waals surface area (Å²) in [6.07, 6.45) is -0.102. The monoisotopic (exact) mass is 378 g/mol. The lowest BCUT2D eigenvalue weighted by atomic mass is 9.71. The molecule has 0 saturated heterocycles. The van der Waals surface area contributed by atoms with Gasteiger partial charge in [0.25, 0.3) is 0 Å². The Labute approximate surface area is 155 Å². The Kier molecular flexibility index (Phi) is 6.50. The predicted octanol–water partition coefficient (Wildman–Crippen LogP) is 3.42. The maximum Gasteiger partial charge on any atom is 0.321 e. The first kappa shape index (κ1) is 20.4. The highest BCUT2D eigenvalue weighted by Crippen LogP contribution is 2.42. The van der Waals surface area contributed by atoms with Crippen molar-refractivity contribution < 1.29 is 32.6 Å². The summed E-state index contributed by atoms with van der Waals surface area (Å²) in [5.74, 6) is -2.30. The molecule has 0 aliphatic rings. The first-order valence-corrected chi connectivity index (χ1v) is 8.23. The van der Waals surface area contributed by atoms with Crippen LogP contribution in [0.25, 0.3) is 0 Å². The van der Waals surface area contributed by atoms with E-state index in [2.05, 4.69) is 0 Å². The highest BCUT2D eigenvalue weighted by atomic mass is 19.1. The average Bonchev–Trinajstić information content (AvgIpc) is 2.66. The third kappa shape index (κ3) is 3.77. The topological polar surface area (TPSA) is 61.8 Å². The van der Waals surface area contributed by atoms with Crippen LogP contribution in [0.2, 0.25) is 0 Å². The maximum atomic E-state index is 14.7. The van der Waals surface area contributed by atoms with Gasteiger partial charge < -0.3 is 19.0 Å². The van der Waals surface area contributed by atoms with Crippen molar-refractivity contribution in [1.29, 1.82) is 0 Å². The summed E-state index contributed by atoms with van der Waals surface area (Å²) in [5, 5.41) is 0. The van der Waals surface area contributed by atoms with Crippen LogP contribution in [0.4, 0.5) is 8.78 Å². The molecule has 5 nitrogen and oxygen atoms in total. The van der Waals surface area contributed by atoms with Crippen molar-refractivity contribution in [3.8, 4) is 11.5 Å². The van der Waals surface area contributed by atoms with Gasteiger partial charge in [0.2, 0.25) is 0 Å². The minimum absolute atomic E-state index is 0.0311. The SMILES string of the molecule is CCOC(=O)C(CC=O)(c1cc(OC)cc(OC)c1)c1c(F)cccc1F. The number of benzene rings is 2. The molecule has 0 heterocycles. The highest BCUT2D eigenvalue weighted by molar-refractivity contribution is 5.91. The number of carbonyl (C=O) groups is 2. The van der Waals surface area contributed by atoms with E-state index in [4.69, 9.17) is 14.2 Å². The molecule has 0 aromatic heterocycles. The zero-order chi connectivity index (χ0) is 20.0. The van der Waals surface area contributed by atoms with Gasteiger partial charge in [0.1, 0.15) is 34.8 Å². The van der Waals surface area contributed by atoms with Crippen molar-refractivity contribution >= 4 is 12.3 Å². The van der Waals surface area contributed by atoms with Crippen LogP contribution in [0.1, 0.15) is 24.5 Å². The van der Waals surface area contributed by atoms with E-state index in [1.165, 1.54) is 38.5 Å². The summed E-state index contributed by atoms with van der Waals surface area (Å²) in [4.78, 5) is 24.5. The van der Waals surface area contributed by atoms with Gasteiger partial charge >= 0.3 is 5.97 Å². The molecule has 0 aliphatic heterocycles. The van der Waals surface area contributed by atoms with Crippen LogP contribution in [0.3, 0.4) is 0 Å². The number of hydrogen-bond acceptors (Lipinski definition) is 5. The zero-order valence-electron chi connectivity index (χ0n) is 15.3. The molecule has 0 N–H and O–H groups in total. The molecule has 2 rings (SSSR count). The molecule has 0 saturated carbocycles. The maximum absolute atomic E-state index is 14.7. The molecule has 27 heavy (non-hydrogen) atoms. The van der Waals surface area contributed by atoms with Gasteiger partial charge in [-0.1, -0.05) is 6.07 Å². The first-order valence-electron chi connectivity index (χ1n) is 8.23. The summed E-state index contributed by atoms with van der Waals surface area (Å²) in [6.45, 7) is 1.53. The van der Waals surface area contributed by atoms with E-state index in [1.807, 2.05) is 0 Å². The second-order valence-electron chi connectivity index (χ2n) is 5.69. The molecule has 144 valence electrons. The van der Waals surface area contributed by atoms with Crippen LogP contribution in [0.5, 0.6) is 11.5 Å². The van der Waals surface area contributed by atoms with Gasteiger partial charge in [-0.25, -0.2) is 8.78 Å². The second kappa shape index (κ2) is 8.62. The van der Waals surface area contributed by atoms with Crippen LogP contribution >= 0.6 is 0 Å². The van der Waals surface area contributed by atoms with Crippen molar-refractivity contribution in [2.24, 2.45) is 0 Å². The van der Waals surface area contributed by atoms with E-state index < -0.39 is 35.0 Å². The van der Waals surface area contributed by atoms with Crippen molar-refractivity contribution in [3.05, 3.63) is 59.2 Å². The van der Waals surface area contributed by atoms with Gasteiger partial charge in [-0.15, -0.1) is 0 Å². The molecule has 0 radical (unpaired) electrons. The molecule has 2 aromatic carbocycles. The number of aldehydes is 1. The zero-order valence-corrected chi connectivity index (χ0v) is 15.3. The molecule has 0 amide bonds. The van der Waals surface area contributed by atoms with Crippen LogP contribution in [-0.2, 0) is 19.7 Å². The van der Waals surface area contributed by atoms with Gasteiger partial charge in [0.15, 0.2) is 0 Å². The van der Waals surface area contributed by atoms with Gasteiger partial charge in [0.05, 0.1) is 20.8 Å². The fourth-order valence-corrected chi connectivity index (χ4v) is 3.01. The smallest absolute Gasteiger partial charge is 0.321 e. The Morgan fingerprint density at radius 2 is 1.63 bits per heavy atom. The van der Waals surface area contributed by atoms with Crippen LogP contribution in [0.15, 0.2) is 36.4 Å². The van der Waals surface area contributed by atoms with E-state index >= 15 is 0 Å². The van der Waals surface area contributed by atoms with Crippen LogP contribution < -0.4 is 9.47 Å². The molecule has 0 fully saturated rings. The van der Waals surface area contributed by atoms with Gasteiger partial charge in [-0.2, -0.15) is 0 Å². The number of hydrogen-bond donors (Lipinski definition) is 0. The minimum Gasteiger partial charge on any atom is -0.497 e. The number of rotatable bonds is 8. The highest BCUT2D eigenvalue weighted by Gasteiger charge is 2.47. The third-order valence-corrected chi connectivity index (χ3v) is 4.25. The van der Waals surface area contributed by atoms with Crippen LogP contribution in [0, 0.1) is 11.6 Å². The molecule has 0 bridgehead atoms. The molecule has 0 aliphatic carbocycles. The Morgan fingerprint density at radius 3 is 2.07 bits per heavy atom. The van der Waals surface area contributed by atoms with E-state index in [9.17, 15) is 18.4 Å². The molecule has 7 heteroatoms. The van der Waals surface area contributed by atoms with Crippen molar-refractivity contribution in [2.75, 3.05) is 20.8 Å². The molecular weight excluding hydrogens is 358 g/mol. The quantitative estimate of drug-likeness (QED) is 0.520. The standard InChI is InChI=1S/C20H20F2O5/c1-4-27-19(24)20(8-9-23,18-16(21)6-5-7-17(18)22)13-10-14(25-2)12-15(11-13)26-3/h5-7,9-12H,4,8H2,1-3H3. The van der Waals surface area contributed by atoms with Crippen molar-refractivity contribution in [3.63, 3.8) is 0 Å². The van der Waals surface area contributed by atoms with E-state index in [0.29, 0.717) is 17.8 Å². The van der Waals surface area contributed by atoms with E-state index in [-0.39, 0.29) is 12.2 Å². The Balaban J connectivity index is 2.92. The molecular formula is C20H20F2O5. The molecule has 0 spiro atoms. The van der Waals surface area contributed by atoms with E-state index in [1.54, 1.807) is 6.92 Å². The third-order valence-electron chi connectivity index (χ3n) is 4.25. The Hall–Kier alpha value is -2.96. The largest absolute Gasteiger partial charge is 0.497 e. The normalized spacial score (nSPS) is 12.8. The summed E-state index contributed by atoms with van der Waals surface area (Å²) < 4.78 is 44.9.